The third kappa shape index (κ3) is 3.94. The molecule has 0 unspecified atom stereocenters. The first-order valence-electron chi connectivity index (χ1n) is 6.87. The Labute approximate surface area is 125 Å². The molecular weight excluding hydrogens is 268 g/mol. The fourth-order valence-electron chi connectivity index (χ4n) is 2.26. The summed E-state index contributed by atoms with van der Waals surface area (Å²) in [6.45, 7) is 4.08. The van der Waals surface area contributed by atoms with E-state index in [0.29, 0.717) is 17.9 Å². The van der Waals surface area contributed by atoms with E-state index in [9.17, 15) is 4.79 Å². The second-order valence-electron chi connectivity index (χ2n) is 5.24. The molecule has 0 saturated heterocycles. The van der Waals surface area contributed by atoms with Crippen molar-refractivity contribution >= 4 is 17.4 Å². The first kappa shape index (κ1) is 14.8. The van der Waals surface area contributed by atoms with E-state index < -0.39 is 0 Å². The van der Waals surface area contributed by atoms with Gasteiger partial charge in [-0.25, -0.2) is 0 Å². The van der Waals surface area contributed by atoms with Crippen molar-refractivity contribution in [2.45, 2.75) is 33.1 Å². The number of aryl methyl sites for hydroxylation is 3. The van der Waals surface area contributed by atoms with E-state index in [1.165, 1.54) is 11.1 Å². The van der Waals surface area contributed by atoms with Gasteiger partial charge >= 0.3 is 0 Å². The van der Waals surface area contributed by atoms with Crippen molar-refractivity contribution in [1.82, 2.24) is 0 Å². The number of hydrogen-bond donors (Lipinski definition) is 0. The molecule has 0 amide bonds. The summed E-state index contributed by atoms with van der Waals surface area (Å²) in [5, 5.41) is 0.689. The van der Waals surface area contributed by atoms with Gasteiger partial charge in [-0.05, 0) is 48.6 Å². The number of hydrogen-bond acceptors (Lipinski definition) is 1. The molecule has 2 rings (SSSR count). The Morgan fingerprint density at radius 1 is 1.05 bits per heavy atom. The van der Waals surface area contributed by atoms with Crippen molar-refractivity contribution in [2.75, 3.05) is 0 Å². The van der Waals surface area contributed by atoms with Gasteiger partial charge in [0.1, 0.15) is 5.78 Å². The fraction of sp³-hybridized carbons (Fsp3) is 0.278. The van der Waals surface area contributed by atoms with Crippen LogP contribution in [-0.4, -0.2) is 5.78 Å². The minimum atomic E-state index is 0.235. The van der Waals surface area contributed by atoms with Crippen molar-refractivity contribution in [3.8, 4) is 0 Å². The second-order valence-corrected chi connectivity index (χ2v) is 5.64. The van der Waals surface area contributed by atoms with Crippen LogP contribution in [0.15, 0.2) is 42.5 Å². The largest absolute Gasteiger partial charge is 0.299 e. The van der Waals surface area contributed by atoms with Gasteiger partial charge in [-0.2, -0.15) is 0 Å². The van der Waals surface area contributed by atoms with Gasteiger partial charge in [0.05, 0.1) is 0 Å². The van der Waals surface area contributed by atoms with Gasteiger partial charge < -0.3 is 0 Å². The summed E-state index contributed by atoms with van der Waals surface area (Å²) in [5.41, 5.74) is 4.53. The molecule has 0 fully saturated rings. The van der Waals surface area contributed by atoms with Crippen LogP contribution in [0.2, 0.25) is 5.02 Å². The molecule has 2 heteroatoms. The van der Waals surface area contributed by atoms with Crippen LogP contribution in [0.4, 0.5) is 0 Å². The van der Waals surface area contributed by atoms with E-state index >= 15 is 0 Å². The highest BCUT2D eigenvalue weighted by Gasteiger charge is 2.08. The molecule has 0 N–H and O–H groups in total. The molecule has 0 saturated carbocycles. The molecule has 0 aromatic heterocycles. The fourth-order valence-corrected chi connectivity index (χ4v) is 2.56. The molecular formula is C18H19ClO. The Kier molecular flexibility index (Phi) is 4.97. The van der Waals surface area contributed by atoms with E-state index in [0.717, 1.165) is 17.5 Å². The number of Topliss-reactive ketones (excluding diaryl/α,β-unsaturated/α-hetero) is 1. The zero-order chi connectivity index (χ0) is 14.5. The maximum absolute atomic E-state index is 12.1. The van der Waals surface area contributed by atoms with Crippen LogP contribution in [0, 0.1) is 13.8 Å². The second kappa shape index (κ2) is 6.71. The molecule has 0 spiro atoms. The third-order valence-electron chi connectivity index (χ3n) is 3.53. The molecule has 104 valence electrons. The minimum absolute atomic E-state index is 0.235. The van der Waals surface area contributed by atoms with Crippen molar-refractivity contribution in [3.05, 3.63) is 69.7 Å². The van der Waals surface area contributed by atoms with Gasteiger partial charge in [0.15, 0.2) is 0 Å². The van der Waals surface area contributed by atoms with Crippen LogP contribution in [0.5, 0.6) is 0 Å². The van der Waals surface area contributed by atoms with E-state index in [4.69, 9.17) is 11.6 Å². The summed E-state index contributed by atoms with van der Waals surface area (Å²) in [6.07, 6.45) is 1.79. The first-order chi connectivity index (χ1) is 9.56. The monoisotopic (exact) mass is 286 g/mol. The molecule has 2 aromatic carbocycles. The topological polar surface area (TPSA) is 17.1 Å². The number of carbonyl (C=O) groups is 1. The quantitative estimate of drug-likeness (QED) is 0.778. The molecule has 0 aliphatic rings. The van der Waals surface area contributed by atoms with Crippen molar-refractivity contribution in [1.29, 1.82) is 0 Å². The van der Waals surface area contributed by atoms with Crippen molar-refractivity contribution in [2.24, 2.45) is 0 Å². The summed E-state index contributed by atoms with van der Waals surface area (Å²) >= 11 is 6.16. The molecule has 0 aliphatic heterocycles. The van der Waals surface area contributed by atoms with Gasteiger partial charge in [0.25, 0.3) is 0 Å². The molecule has 2 aromatic rings. The summed E-state index contributed by atoms with van der Waals surface area (Å²) in [4.78, 5) is 12.1. The lowest BCUT2D eigenvalue weighted by molar-refractivity contribution is -0.118. The lowest BCUT2D eigenvalue weighted by atomic mass is 9.99. The van der Waals surface area contributed by atoms with Gasteiger partial charge in [-0.1, -0.05) is 48.0 Å². The Morgan fingerprint density at radius 2 is 1.80 bits per heavy atom. The molecule has 0 aliphatic carbocycles. The van der Waals surface area contributed by atoms with E-state index in [-0.39, 0.29) is 5.78 Å². The van der Waals surface area contributed by atoms with Gasteiger partial charge in [0, 0.05) is 17.9 Å². The number of halogens is 1. The molecule has 1 nitrogen and oxygen atoms in total. The Balaban J connectivity index is 1.94. The van der Waals surface area contributed by atoms with E-state index in [2.05, 4.69) is 19.1 Å². The highest BCUT2D eigenvalue weighted by Crippen LogP contribution is 2.19. The standard InChI is InChI=1S/C18H19ClO/c1-13-7-8-16(18(19)11-13)12-17(20)10-9-15-6-4-3-5-14(15)2/h3-8,11H,9-10,12H2,1-2H3. The van der Waals surface area contributed by atoms with Gasteiger partial charge in [0.2, 0.25) is 0 Å². The zero-order valence-corrected chi connectivity index (χ0v) is 12.7. The summed E-state index contributed by atoms with van der Waals surface area (Å²) in [5.74, 6) is 0.235. The molecule has 0 heterocycles. The number of ketones is 1. The Bertz CT molecular complexity index is 617. The maximum Gasteiger partial charge on any atom is 0.137 e. The van der Waals surface area contributed by atoms with E-state index in [1.807, 2.05) is 37.3 Å². The smallest absolute Gasteiger partial charge is 0.137 e. The van der Waals surface area contributed by atoms with Gasteiger partial charge in [-0.3, -0.25) is 4.79 Å². The maximum atomic E-state index is 12.1. The lowest BCUT2D eigenvalue weighted by Crippen LogP contribution is -2.05. The summed E-state index contributed by atoms with van der Waals surface area (Å²) in [7, 11) is 0. The minimum Gasteiger partial charge on any atom is -0.299 e. The average molecular weight is 287 g/mol. The molecule has 0 radical (unpaired) electrons. The third-order valence-corrected chi connectivity index (χ3v) is 3.88. The number of carbonyl (C=O) groups excluding carboxylic acids is 1. The molecule has 20 heavy (non-hydrogen) atoms. The molecule has 0 atom stereocenters. The van der Waals surface area contributed by atoms with E-state index in [1.54, 1.807) is 0 Å². The van der Waals surface area contributed by atoms with Crippen molar-refractivity contribution < 1.29 is 4.79 Å². The predicted octanol–water partition coefficient (Wildman–Crippen LogP) is 4.70. The highest BCUT2D eigenvalue weighted by atomic mass is 35.5. The summed E-state index contributed by atoms with van der Waals surface area (Å²) in [6, 6.07) is 14.1. The van der Waals surface area contributed by atoms with Crippen LogP contribution in [0.25, 0.3) is 0 Å². The van der Waals surface area contributed by atoms with Crippen LogP contribution in [0.3, 0.4) is 0 Å². The first-order valence-corrected chi connectivity index (χ1v) is 7.25. The predicted molar refractivity (Wildman–Crippen MR) is 84.4 cm³/mol. The number of rotatable bonds is 5. The molecule has 0 bridgehead atoms. The normalized spacial score (nSPS) is 10.6. The summed E-state index contributed by atoms with van der Waals surface area (Å²) < 4.78 is 0. The highest BCUT2D eigenvalue weighted by molar-refractivity contribution is 6.31. The lowest BCUT2D eigenvalue weighted by Gasteiger charge is -2.07. The van der Waals surface area contributed by atoms with Crippen LogP contribution < -0.4 is 0 Å². The SMILES string of the molecule is Cc1ccc(CC(=O)CCc2ccccc2C)c(Cl)c1. The average Bonchev–Trinajstić information content (AvgIpc) is 2.41. The zero-order valence-electron chi connectivity index (χ0n) is 11.9. The van der Waals surface area contributed by atoms with Crippen LogP contribution in [0.1, 0.15) is 28.7 Å². The Morgan fingerprint density at radius 3 is 2.50 bits per heavy atom. The van der Waals surface area contributed by atoms with Crippen LogP contribution >= 0.6 is 11.6 Å². The van der Waals surface area contributed by atoms with Crippen LogP contribution in [-0.2, 0) is 17.6 Å². The number of benzene rings is 2. The van der Waals surface area contributed by atoms with Crippen molar-refractivity contribution in [3.63, 3.8) is 0 Å². The Hall–Kier alpha value is -1.60. The van der Waals surface area contributed by atoms with Gasteiger partial charge in [-0.15, -0.1) is 0 Å².